The van der Waals surface area contributed by atoms with Gasteiger partial charge in [0.1, 0.15) is 0 Å². The number of rotatable bonds is 5. The van der Waals surface area contributed by atoms with Crippen LogP contribution in [0.2, 0.25) is 17.3 Å². The summed E-state index contributed by atoms with van der Waals surface area (Å²) in [5.41, 5.74) is 0. The fourth-order valence-electron chi connectivity index (χ4n) is 1.32. The van der Waals surface area contributed by atoms with Gasteiger partial charge in [-0.05, 0) is 0 Å². The molecule has 1 nitrogen and oxygen atoms in total. The predicted octanol–water partition coefficient (Wildman–Crippen LogP) is 2.94. The second-order valence-corrected chi connectivity index (χ2v) is 14.6. The normalized spacial score (nSPS) is 12.5. The first-order valence-corrected chi connectivity index (χ1v) is 12.0. The van der Waals surface area contributed by atoms with E-state index in [1.54, 1.807) is 0 Å². The molecule has 0 saturated carbocycles. The molecule has 0 rings (SSSR count). The van der Waals surface area contributed by atoms with E-state index in [0.717, 1.165) is 0 Å². The number of hydrogen-bond donors (Lipinski definition) is 0. The molecule has 0 aliphatic heterocycles. The van der Waals surface area contributed by atoms with Gasteiger partial charge in [0.05, 0.1) is 0 Å². The molecule has 0 amide bonds. The van der Waals surface area contributed by atoms with Gasteiger partial charge >= 0.3 is 74.4 Å². The van der Waals surface area contributed by atoms with E-state index in [1.807, 2.05) is 0 Å². The van der Waals surface area contributed by atoms with Gasteiger partial charge in [0.25, 0.3) is 0 Å². The Balaban J connectivity index is 3.88. The van der Waals surface area contributed by atoms with E-state index in [9.17, 15) is 0 Å². The van der Waals surface area contributed by atoms with Crippen LogP contribution in [-0.2, 0) is 0 Å². The van der Waals surface area contributed by atoms with Gasteiger partial charge in [0.2, 0.25) is 0 Å². The third kappa shape index (κ3) is 4.86. The summed E-state index contributed by atoms with van der Waals surface area (Å²) < 4.78 is 2.74. The molecule has 0 bridgehead atoms. The van der Waals surface area contributed by atoms with Crippen molar-refractivity contribution in [1.29, 1.82) is 0 Å². The van der Waals surface area contributed by atoms with Crippen molar-refractivity contribution < 1.29 is 0 Å². The first kappa shape index (κ1) is 11.5. The SMILES string of the molecule is CCC[N](CCC)[Ge]([CH3])([CH3])[CH3]. The second kappa shape index (κ2) is 5.20. The predicted molar refractivity (Wildman–Crippen MR) is 55.5 cm³/mol. The molecular weight excluding hydrogens is 195 g/mol. The first-order chi connectivity index (χ1) is 5.02. The summed E-state index contributed by atoms with van der Waals surface area (Å²) in [7, 11) is 0. The summed E-state index contributed by atoms with van der Waals surface area (Å²) in [6.45, 7) is 7.18. The molecule has 0 aliphatic carbocycles. The number of nitrogens with zero attached hydrogens (tertiary/aromatic N) is 1. The quantitative estimate of drug-likeness (QED) is 0.641. The molecule has 0 saturated heterocycles. The van der Waals surface area contributed by atoms with Crippen molar-refractivity contribution in [3.8, 4) is 0 Å². The molecule has 0 unspecified atom stereocenters. The molecule has 0 aromatic rings. The van der Waals surface area contributed by atoms with Gasteiger partial charge in [0, 0.05) is 0 Å². The first-order valence-electron chi connectivity index (χ1n) is 4.77. The zero-order valence-corrected chi connectivity index (χ0v) is 10.9. The van der Waals surface area contributed by atoms with Crippen LogP contribution < -0.4 is 0 Å². The molecule has 68 valence electrons. The maximum absolute atomic E-state index is 2.74. The second-order valence-electron chi connectivity index (χ2n) is 4.16. The minimum absolute atomic E-state index is 1.31. The molecule has 0 aromatic carbocycles. The van der Waals surface area contributed by atoms with Crippen LogP contribution in [0.4, 0.5) is 0 Å². The van der Waals surface area contributed by atoms with Gasteiger partial charge in [-0.3, -0.25) is 0 Å². The van der Waals surface area contributed by atoms with E-state index in [4.69, 9.17) is 0 Å². The Morgan fingerprint density at radius 1 is 0.909 bits per heavy atom. The molecule has 0 aliphatic rings. The molecular formula is C9H23GeN. The molecule has 11 heavy (non-hydrogen) atoms. The van der Waals surface area contributed by atoms with Crippen LogP contribution in [0, 0.1) is 0 Å². The topological polar surface area (TPSA) is 3.24 Å². The van der Waals surface area contributed by atoms with E-state index in [0.29, 0.717) is 0 Å². The van der Waals surface area contributed by atoms with Gasteiger partial charge in [-0.1, -0.05) is 0 Å². The Bertz CT molecular complexity index is 90.2. The monoisotopic (exact) mass is 219 g/mol. The molecule has 0 N–H and O–H groups in total. The zero-order valence-electron chi connectivity index (χ0n) is 8.78. The van der Waals surface area contributed by atoms with E-state index < -0.39 is 13.5 Å². The summed E-state index contributed by atoms with van der Waals surface area (Å²) in [6.07, 6.45) is 2.62. The number of hydrogen-bond acceptors (Lipinski definition) is 1. The van der Waals surface area contributed by atoms with Gasteiger partial charge in [-0.15, -0.1) is 0 Å². The van der Waals surface area contributed by atoms with Crippen molar-refractivity contribution in [2.45, 2.75) is 44.0 Å². The van der Waals surface area contributed by atoms with Crippen LogP contribution in [0.3, 0.4) is 0 Å². The Kier molecular flexibility index (Phi) is 5.44. The van der Waals surface area contributed by atoms with E-state index in [1.165, 1.54) is 25.9 Å². The van der Waals surface area contributed by atoms with Crippen molar-refractivity contribution in [3.63, 3.8) is 0 Å². The van der Waals surface area contributed by atoms with Gasteiger partial charge in [-0.2, -0.15) is 0 Å². The molecule has 2 heteroatoms. The van der Waals surface area contributed by atoms with Crippen LogP contribution in [0.25, 0.3) is 0 Å². The average molecular weight is 218 g/mol. The minimum atomic E-state index is -1.47. The van der Waals surface area contributed by atoms with Crippen molar-refractivity contribution in [1.82, 2.24) is 3.86 Å². The van der Waals surface area contributed by atoms with Crippen molar-refractivity contribution in [3.05, 3.63) is 0 Å². The van der Waals surface area contributed by atoms with E-state index in [2.05, 4.69) is 35.0 Å². The molecule has 0 radical (unpaired) electrons. The van der Waals surface area contributed by atoms with Crippen LogP contribution >= 0.6 is 0 Å². The van der Waals surface area contributed by atoms with Crippen LogP contribution in [0.15, 0.2) is 0 Å². The molecule has 0 heterocycles. The van der Waals surface area contributed by atoms with Gasteiger partial charge < -0.3 is 0 Å². The van der Waals surface area contributed by atoms with Gasteiger partial charge in [0.15, 0.2) is 0 Å². The molecule has 0 fully saturated rings. The maximum atomic E-state index is 2.74. The van der Waals surface area contributed by atoms with Crippen LogP contribution in [-0.4, -0.2) is 30.4 Å². The molecule has 0 aromatic heterocycles. The van der Waals surface area contributed by atoms with Gasteiger partial charge in [-0.25, -0.2) is 0 Å². The summed E-state index contributed by atoms with van der Waals surface area (Å²) >= 11 is -1.47. The fraction of sp³-hybridized carbons (Fsp3) is 1.00. The Hall–Kier alpha value is 0.503. The Morgan fingerprint density at radius 2 is 1.27 bits per heavy atom. The van der Waals surface area contributed by atoms with Crippen molar-refractivity contribution >= 4 is 13.5 Å². The standard InChI is InChI=1S/C9H23GeN/c1-6-8-11(9-7-2)10(3,4)5/h6-9H2,1-5H3. The summed E-state index contributed by atoms with van der Waals surface area (Å²) in [6, 6.07) is 0. The average Bonchev–Trinajstić information content (AvgIpc) is 1.85. The summed E-state index contributed by atoms with van der Waals surface area (Å²) in [5, 5.41) is 0. The van der Waals surface area contributed by atoms with E-state index >= 15 is 0 Å². The van der Waals surface area contributed by atoms with Crippen LogP contribution in [0.1, 0.15) is 26.7 Å². The fourth-order valence-corrected chi connectivity index (χ4v) is 5.08. The third-order valence-corrected chi connectivity index (χ3v) is 6.85. The molecule has 0 spiro atoms. The van der Waals surface area contributed by atoms with Crippen molar-refractivity contribution in [2.75, 3.05) is 13.1 Å². The Morgan fingerprint density at radius 3 is 1.45 bits per heavy atom. The van der Waals surface area contributed by atoms with Crippen LogP contribution in [0.5, 0.6) is 0 Å². The summed E-state index contributed by atoms with van der Waals surface area (Å²) in [4.78, 5) is 0. The summed E-state index contributed by atoms with van der Waals surface area (Å²) in [5.74, 6) is 7.43. The van der Waals surface area contributed by atoms with Crippen molar-refractivity contribution in [2.24, 2.45) is 0 Å². The zero-order chi connectivity index (χ0) is 8.91. The molecule has 0 atom stereocenters. The third-order valence-electron chi connectivity index (χ3n) is 1.94. The van der Waals surface area contributed by atoms with E-state index in [-0.39, 0.29) is 0 Å². The Labute approximate surface area is 74.7 Å².